The van der Waals surface area contributed by atoms with E-state index in [0.29, 0.717) is 28.8 Å². The molecule has 4 N–H and O–H groups in total. The lowest BCUT2D eigenvalue weighted by atomic mass is 9.84. The predicted molar refractivity (Wildman–Crippen MR) is 129 cm³/mol. The molecule has 0 radical (unpaired) electrons. The molecule has 1 amide bonds. The smallest absolute Gasteiger partial charge is 0.268 e. The average Bonchev–Trinajstić information content (AvgIpc) is 3.35. The number of furan rings is 1. The Balaban J connectivity index is 1.51. The van der Waals surface area contributed by atoms with Crippen molar-refractivity contribution < 1.29 is 13.6 Å². The summed E-state index contributed by atoms with van der Waals surface area (Å²) in [5.41, 5.74) is 9.97. The van der Waals surface area contributed by atoms with Crippen molar-refractivity contribution >= 4 is 35.0 Å². The van der Waals surface area contributed by atoms with Crippen LogP contribution in [0.1, 0.15) is 35.6 Å². The average molecular weight is 470 g/mol. The van der Waals surface area contributed by atoms with Gasteiger partial charge in [0.15, 0.2) is 0 Å². The molecule has 3 heterocycles. The molecule has 1 aliphatic heterocycles. The second-order valence-electron chi connectivity index (χ2n) is 8.94. The van der Waals surface area contributed by atoms with Gasteiger partial charge < -0.3 is 25.4 Å². The lowest BCUT2D eigenvalue weighted by Crippen LogP contribution is -2.41. The van der Waals surface area contributed by atoms with E-state index >= 15 is 0 Å². The van der Waals surface area contributed by atoms with Gasteiger partial charge in [0.2, 0.25) is 0 Å². The van der Waals surface area contributed by atoms with Crippen molar-refractivity contribution in [3.05, 3.63) is 64.6 Å². The van der Waals surface area contributed by atoms with Gasteiger partial charge in [0.1, 0.15) is 17.1 Å². The zero-order valence-corrected chi connectivity index (χ0v) is 20.0. The van der Waals surface area contributed by atoms with Crippen LogP contribution in [0.25, 0.3) is 11.0 Å². The van der Waals surface area contributed by atoms with Gasteiger partial charge in [-0.05, 0) is 43.1 Å². The standard InChI is InChI=1S/C24H28FN5O2S/c1-14-21(33-30-12-15(10-26)22(27)24(2,3)13-30)9-19(29(14)4)23(31)28-11-17-16-7-8-32-20(16)6-5-18(17)25/h5-10,26H,11-13,27H2,1-4H3,(H,28,31). The maximum atomic E-state index is 14.4. The fourth-order valence-corrected chi connectivity index (χ4v) is 5.42. The summed E-state index contributed by atoms with van der Waals surface area (Å²) in [7, 11) is 1.84. The van der Waals surface area contributed by atoms with Crippen LogP contribution in [0.5, 0.6) is 0 Å². The molecule has 0 aliphatic carbocycles. The van der Waals surface area contributed by atoms with Gasteiger partial charge in [0.25, 0.3) is 5.91 Å². The molecule has 174 valence electrons. The van der Waals surface area contributed by atoms with Crippen LogP contribution in [0.15, 0.2) is 51.1 Å². The molecule has 3 aromatic rings. The molecule has 0 unspecified atom stereocenters. The van der Waals surface area contributed by atoms with Crippen LogP contribution in [0.4, 0.5) is 4.39 Å². The first kappa shape index (κ1) is 23.1. The Kier molecular flexibility index (Phi) is 6.11. The molecular weight excluding hydrogens is 441 g/mol. The summed E-state index contributed by atoms with van der Waals surface area (Å²) in [6.45, 7) is 7.44. The van der Waals surface area contributed by atoms with E-state index < -0.39 is 0 Å². The topological polar surface area (TPSA) is 100 Å². The van der Waals surface area contributed by atoms with Crippen molar-refractivity contribution in [3.63, 3.8) is 0 Å². The lowest BCUT2D eigenvalue weighted by molar-refractivity contribution is 0.0942. The highest BCUT2D eigenvalue weighted by Gasteiger charge is 2.33. The van der Waals surface area contributed by atoms with Crippen LogP contribution >= 0.6 is 11.9 Å². The van der Waals surface area contributed by atoms with E-state index in [1.54, 1.807) is 24.1 Å². The molecule has 0 saturated carbocycles. The molecule has 9 heteroatoms. The van der Waals surface area contributed by atoms with Crippen molar-refractivity contribution in [2.24, 2.45) is 18.2 Å². The minimum atomic E-state index is -0.384. The maximum absolute atomic E-state index is 14.4. The third-order valence-electron chi connectivity index (χ3n) is 6.23. The van der Waals surface area contributed by atoms with Gasteiger partial charge in [0, 0.05) is 71.1 Å². The number of rotatable bonds is 6. The Morgan fingerprint density at radius 2 is 2.15 bits per heavy atom. The first-order valence-corrected chi connectivity index (χ1v) is 11.4. The zero-order chi connectivity index (χ0) is 23.9. The molecule has 1 aromatic carbocycles. The van der Waals surface area contributed by atoms with Crippen LogP contribution in [0.2, 0.25) is 0 Å². The minimum absolute atomic E-state index is 0.0569. The summed E-state index contributed by atoms with van der Waals surface area (Å²) in [4.78, 5) is 13.9. The maximum Gasteiger partial charge on any atom is 0.268 e. The van der Waals surface area contributed by atoms with E-state index in [1.807, 2.05) is 24.6 Å². The fraction of sp³-hybridized carbons (Fsp3) is 0.333. The number of nitrogens with two attached hydrogens (primary N) is 1. The first-order chi connectivity index (χ1) is 15.6. The Labute approximate surface area is 196 Å². The van der Waals surface area contributed by atoms with Gasteiger partial charge in [-0.3, -0.25) is 4.79 Å². The predicted octanol–water partition coefficient (Wildman–Crippen LogP) is 4.36. The molecule has 0 spiro atoms. The highest BCUT2D eigenvalue weighted by Crippen LogP contribution is 2.37. The van der Waals surface area contributed by atoms with E-state index in [1.165, 1.54) is 18.5 Å². The second kappa shape index (κ2) is 8.72. The van der Waals surface area contributed by atoms with E-state index in [9.17, 15) is 9.18 Å². The van der Waals surface area contributed by atoms with Crippen molar-refractivity contribution in [1.82, 2.24) is 14.2 Å². The molecule has 2 aromatic heterocycles. The van der Waals surface area contributed by atoms with Crippen LogP contribution in [-0.2, 0) is 13.6 Å². The molecule has 4 rings (SSSR count). The van der Waals surface area contributed by atoms with Crippen LogP contribution in [-0.4, -0.2) is 34.1 Å². The second-order valence-corrected chi connectivity index (χ2v) is 10.1. The Morgan fingerprint density at radius 3 is 2.88 bits per heavy atom. The summed E-state index contributed by atoms with van der Waals surface area (Å²) < 4.78 is 23.7. The Bertz CT molecular complexity index is 1270. The van der Waals surface area contributed by atoms with Crippen LogP contribution in [0.3, 0.4) is 0 Å². The van der Waals surface area contributed by atoms with Gasteiger partial charge in [0.05, 0.1) is 6.26 Å². The van der Waals surface area contributed by atoms with E-state index in [0.717, 1.165) is 28.4 Å². The summed E-state index contributed by atoms with van der Waals surface area (Å²) in [6.07, 6.45) is 2.83. The van der Waals surface area contributed by atoms with Crippen molar-refractivity contribution in [2.45, 2.75) is 32.2 Å². The summed E-state index contributed by atoms with van der Waals surface area (Å²) in [5.74, 6) is -0.666. The van der Waals surface area contributed by atoms with Gasteiger partial charge in [-0.15, -0.1) is 0 Å². The number of nitrogens with one attached hydrogen (secondary N) is 2. The molecule has 1 aliphatic rings. The largest absolute Gasteiger partial charge is 0.464 e. The summed E-state index contributed by atoms with van der Waals surface area (Å²) >= 11 is 1.55. The lowest BCUT2D eigenvalue weighted by Gasteiger charge is -2.38. The van der Waals surface area contributed by atoms with Gasteiger partial charge in [-0.2, -0.15) is 0 Å². The monoisotopic (exact) mass is 469 g/mol. The van der Waals surface area contributed by atoms with E-state index in [4.69, 9.17) is 15.6 Å². The molecule has 0 bridgehead atoms. The molecule has 7 nitrogen and oxygen atoms in total. The van der Waals surface area contributed by atoms with Gasteiger partial charge in [-0.25, -0.2) is 8.70 Å². The zero-order valence-electron chi connectivity index (χ0n) is 19.2. The normalized spacial score (nSPS) is 16.4. The quantitative estimate of drug-likeness (QED) is 0.368. The van der Waals surface area contributed by atoms with Crippen LogP contribution < -0.4 is 11.1 Å². The highest BCUT2D eigenvalue weighted by atomic mass is 32.2. The molecule has 33 heavy (non-hydrogen) atoms. The fourth-order valence-electron chi connectivity index (χ4n) is 4.12. The third-order valence-corrected chi connectivity index (χ3v) is 7.36. The number of amides is 1. The number of fused-ring (bicyclic) bond motifs is 1. The number of halogens is 1. The SMILES string of the molecule is Cc1c(SN2CC(C=N)=C(N)C(C)(C)C2)cc(C(=O)NCc2c(F)ccc3occc23)n1C. The Hall–Kier alpha value is -3.04. The van der Waals surface area contributed by atoms with Crippen molar-refractivity contribution in [1.29, 1.82) is 5.41 Å². The number of hydrogen-bond donors (Lipinski definition) is 3. The summed E-state index contributed by atoms with van der Waals surface area (Å²) in [6, 6.07) is 6.47. The molecule has 0 fully saturated rings. The number of hydrogen-bond acceptors (Lipinski definition) is 6. The number of benzene rings is 1. The van der Waals surface area contributed by atoms with Gasteiger partial charge >= 0.3 is 0 Å². The number of aromatic nitrogens is 1. The number of carbonyl (C=O) groups is 1. The molecule has 0 saturated heterocycles. The third kappa shape index (κ3) is 4.30. The van der Waals surface area contributed by atoms with E-state index in [2.05, 4.69) is 23.5 Å². The van der Waals surface area contributed by atoms with Crippen LogP contribution in [0, 0.1) is 23.6 Å². The molecular formula is C24H28FN5O2S. The first-order valence-electron chi connectivity index (χ1n) is 10.6. The van der Waals surface area contributed by atoms with Gasteiger partial charge in [-0.1, -0.05) is 13.8 Å². The van der Waals surface area contributed by atoms with E-state index in [-0.39, 0.29) is 23.7 Å². The summed E-state index contributed by atoms with van der Waals surface area (Å²) in [5, 5.41) is 11.2. The van der Waals surface area contributed by atoms with Crippen molar-refractivity contribution in [3.8, 4) is 0 Å². The minimum Gasteiger partial charge on any atom is -0.464 e. The highest BCUT2D eigenvalue weighted by molar-refractivity contribution is 7.97. The van der Waals surface area contributed by atoms with Crippen molar-refractivity contribution in [2.75, 3.05) is 13.1 Å². The number of nitrogens with zero attached hydrogens (tertiary/aromatic N) is 2. The molecule has 0 atom stereocenters. The Morgan fingerprint density at radius 1 is 1.39 bits per heavy atom. The number of carbonyl (C=O) groups excluding carboxylic acids is 1.